The van der Waals surface area contributed by atoms with Crippen LogP contribution in [0.4, 0.5) is 0 Å². The summed E-state index contributed by atoms with van der Waals surface area (Å²) < 4.78 is 0. The van der Waals surface area contributed by atoms with Crippen molar-refractivity contribution < 1.29 is 0 Å². The highest BCUT2D eigenvalue weighted by atomic mass is 14.0. The fraction of sp³-hybridized carbons (Fsp3) is 0.333. The Morgan fingerprint density at radius 2 is 1.75 bits per heavy atom. The van der Waals surface area contributed by atoms with Crippen LogP contribution in [0.3, 0.4) is 0 Å². The maximum atomic E-state index is 3.15. The summed E-state index contributed by atoms with van der Waals surface area (Å²) in [5.74, 6) is 0.615. The number of rotatable bonds is 2. The van der Waals surface area contributed by atoms with Gasteiger partial charge in [-0.2, -0.15) is 0 Å². The second-order valence-electron chi connectivity index (χ2n) is 3.21. The van der Waals surface area contributed by atoms with E-state index in [9.17, 15) is 0 Å². The third-order valence-corrected chi connectivity index (χ3v) is 1.89. The van der Waals surface area contributed by atoms with Crippen LogP contribution >= 0.6 is 0 Å². The van der Waals surface area contributed by atoms with Crippen molar-refractivity contribution in [2.75, 3.05) is 0 Å². The molecule has 0 aliphatic heterocycles. The highest BCUT2D eigenvalue weighted by Gasteiger charge is 1.96. The Morgan fingerprint density at radius 3 is 2.17 bits per heavy atom. The summed E-state index contributed by atoms with van der Waals surface area (Å²) >= 11 is 0. The van der Waals surface area contributed by atoms with E-state index in [2.05, 4.69) is 44.2 Å². The van der Waals surface area contributed by atoms with Crippen molar-refractivity contribution in [3.63, 3.8) is 0 Å². The van der Waals surface area contributed by atoms with Gasteiger partial charge >= 0.3 is 0 Å². The topological polar surface area (TPSA) is 0 Å². The number of benzene rings is 1. The lowest BCUT2D eigenvalue weighted by molar-refractivity contribution is 0.866. The first-order valence-corrected chi connectivity index (χ1v) is 4.38. The highest BCUT2D eigenvalue weighted by molar-refractivity contribution is 5.28. The van der Waals surface area contributed by atoms with E-state index in [1.165, 1.54) is 5.56 Å². The molecule has 1 rings (SSSR count). The van der Waals surface area contributed by atoms with E-state index in [1.807, 2.05) is 13.0 Å². The molecule has 0 spiro atoms. The molecule has 0 aromatic heterocycles. The maximum absolute atomic E-state index is 3.15. The van der Waals surface area contributed by atoms with Gasteiger partial charge in [0, 0.05) is 0 Å². The zero-order valence-corrected chi connectivity index (χ0v) is 7.96. The fourth-order valence-electron chi connectivity index (χ4n) is 1.13. The standard InChI is InChI=1S/C12H15/c1-4-5-11-6-8-12(9-7-11)10(2)3/h4,6-10H,1-3H3. The maximum Gasteiger partial charge on any atom is -0.0151 e. The van der Waals surface area contributed by atoms with Crippen LogP contribution in [-0.2, 0) is 0 Å². The number of hydrogen-bond donors (Lipinski definition) is 0. The SMILES string of the molecule is C/C=[C]/c1ccc(C(C)C)cc1. The lowest BCUT2D eigenvalue weighted by Crippen LogP contribution is -1.86. The Balaban J connectivity index is 2.85. The molecule has 0 aliphatic carbocycles. The van der Waals surface area contributed by atoms with E-state index in [1.54, 1.807) is 0 Å². The molecule has 1 aromatic carbocycles. The van der Waals surface area contributed by atoms with Crippen LogP contribution in [0.25, 0.3) is 0 Å². The molecule has 1 aromatic rings. The van der Waals surface area contributed by atoms with Gasteiger partial charge in [-0.3, -0.25) is 0 Å². The summed E-state index contributed by atoms with van der Waals surface area (Å²) in [5.41, 5.74) is 2.54. The molecule has 0 heteroatoms. The van der Waals surface area contributed by atoms with Crippen LogP contribution in [0.15, 0.2) is 30.3 Å². The van der Waals surface area contributed by atoms with E-state index in [0.717, 1.165) is 5.56 Å². The van der Waals surface area contributed by atoms with Gasteiger partial charge in [0.05, 0.1) is 0 Å². The first-order chi connectivity index (χ1) is 5.74. The second-order valence-corrected chi connectivity index (χ2v) is 3.21. The minimum atomic E-state index is 0.615. The van der Waals surface area contributed by atoms with Gasteiger partial charge in [-0.15, -0.1) is 0 Å². The van der Waals surface area contributed by atoms with Crippen molar-refractivity contribution in [1.29, 1.82) is 0 Å². The van der Waals surface area contributed by atoms with Crippen LogP contribution in [0.2, 0.25) is 0 Å². The average Bonchev–Trinajstić information content (AvgIpc) is 2.06. The second kappa shape index (κ2) is 4.10. The summed E-state index contributed by atoms with van der Waals surface area (Å²) in [5, 5.41) is 0. The molecule has 0 N–H and O–H groups in total. The molecule has 0 bridgehead atoms. The summed E-state index contributed by atoms with van der Waals surface area (Å²) in [6, 6.07) is 8.54. The third kappa shape index (κ3) is 2.23. The van der Waals surface area contributed by atoms with Gasteiger partial charge in [-0.1, -0.05) is 44.2 Å². The smallest absolute Gasteiger partial charge is 0.0151 e. The molecule has 0 atom stereocenters. The van der Waals surface area contributed by atoms with Gasteiger partial charge in [0.15, 0.2) is 0 Å². The van der Waals surface area contributed by atoms with Crippen molar-refractivity contribution in [3.05, 3.63) is 47.5 Å². The van der Waals surface area contributed by atoms with Crippen LogP contribution in [0.1, 0.15) is 37.8 Å². The molecule has 0 nitrogen and oxygen atoms in total. The molecule has 12 heavy (non-hydrogen) atoms. The quantitative estimate of drug-likeness (QED) is 0.619. The summed E-state index contributed by atoms with van der Waals surface area (Å²) in [7, 11) is 0. The number of hydrogen-bond acceptors (Lipinski definition) is 0. The van der Waals surface area contributed by atoms with Gasteiger partial charge in [-0.05, 0) is 30.0 Å². The van der Waals surface area contributed by atoms with Crippen LogP contribution in [-0.4, -0.2) is 0 Å². The molecule has 0 heterocycles. The Kier molecular flexibility index (Phi) is 3.09. The highest BCUT2D eigenvalue weighted by Crippen LogP contribution is 2.14. The van der Waals surface area contributed by atoms with E-state index in [4.69, 9.17) is 0 Å². The zero-order valence-electron chi connectivity index (χ0n) is 7.96. The Labute approximate surface area is 74.9 Å². The van der Waals surface area contributed by atoms with Crippen molar-refractivity contribution in [2.24, 2.45) is 0 Å². The molecule has 63 valence electrons. The predicted molar refractivity (Wildman–Crippen MR) is 53.1 cm³/mol. The van der Waals surface area contributed by atoms with Gasteiger partial charge < -0.3 is 0 Å². The Hall–Kier alpha value is -1.04. The van der Waals surface area contributed by atoms with Gasteiger partial charge in [-0.25, -0.2) is 0 Å². The van der Waals surface area contributed by atoms with E-state index in [-0.39, 0.29) is 0 Å². The number of allylic oxidation sites excluding steroid dienone is 1. The van der Waals surface area contributed by atoms with Gasteiger partial charge in [0.25, 0.3) is 0 Å². The molecule has 0 saturated heterocycles. The lowest BCUT2D eigenvalue weighted by atomic mass is 10.0. The van der Waals surface area contributed by atoms with E-state index >= 15 is 0 Å². The Bertz CT molecular complexity index is 252. The largest absolute Gasteiger partial charge is 0.0792 e. The van der Waals surface area contributed by atoms with Crippen molar-refractivity contribution >= 4 is 0 Å². The van der Waals surface area contributed by atoms with Gasteiger partial charge in [0.2, 0.25) is 0 Å². The van der Waals surface area contributed by atoms with Gasteiger partial charge in [0.1, 0.15) is 0 Å². The molecule has 0 amide bonds. The monoisotopic (exact) mass is 159 g/mol. The fourth-order valence-corrected chi connectivity index (χ4v) is 1.13. The minimum absolute atomic E-state index is 0.615. The summed E-state index contributed by atoms with van der Waals surface area (Å²) in [4.78, 5) is 0. The van der Waals surface area contributed by atoms with E-state index < -0.39 is 0 Å². The molecule has 0 fully saturated rings. The first-order valence-electron chi connectivity index (χ1n) is 4.38. The molecule has 0 aliphatic rings. The van der Waals surface area contributed by atoms with E-state index in [0.29, 0.717) is 5.92 Å². The average molecular weight is 159 g/mol. The minimum Gasteiger partial charge on any atom is -0.0792 e. The van der Waals surface area contributed by atoms with Crippen LogP contribution in [0, 0.1) is 6.08 Å². The normalized spacial score (nSPS) is 11.3. The van der Waals surface area contributed by atoms with Crippen molar-refractivity contribution in [1.82, 2.24) is 0 Å². The molecule has 1 radical (unpaired) electrons. The predicted octanol–water partition coefficient (Wildman–Crippen LogP) is 3.54. The molecule has 0 saturated carbocycles. The summed E-state index contributed by atoms with van der Waals surface area (Å²) in [6.07, 6.45) is 5.08. The lowest BCUT2D eigenvalue weighted by Gasteiger charge is -2.04. The Morgan fingerprint density at radius 1 is 1.17 bits per heavy atom. The third-order valence-electron chi connectivity index (χ3n) is 1.89. The van der Waals surface area contributed by atoms with Crippen LogP contribution in [0.5, 0.6) is 0 Å². The molecular formula is C12H15. The molecular weight excluding hydrogens is 144 g/mol. The van der Waals surface area contributed by atoms with Crippen molar-refractivity contribution in [2.45, 2.75) is 26.7 Å². The van der Waals surface area contributed by atoms with Crippen molar-refractivity contribution in [3.8, 4) is 0 Å². The zero-order chi connectivity index (χ0) is 8.97. The molecule has 0 unspecified atom stereocenters. The first kappa shape index (κ1) is 9.05. The summed E-state index contributed by atoms with van der Waals surface area (Å²) in [6.45, 7) is 6.39. The van der Waals surface area contributed by atoms with Crippen LogP contribution < -0.4 is 0 Å².